The van der Waals surface area contributed by atoms with Gasteiger partial charge in [-0.25, -0.2) is 0 Å². The summed E-state index contributed by atoms with van der Waals surface area (Å²) in [6, 6.07) is 12.7. The summed E-state index contributed by atoms with van der Waals surface area (Å²) in [4.78, 5) is 88.8. The fraction of sp³-hybridized carbons (Fsp3) is 0.587. The van der Waals surface area contributed by atoms with Gasteiger partial charge in [0.2, 0.25) is 41.4 Å². The maximum absolute atomic E-state index is 13.3. The number of carbonyl (C=O) groups excluding carboxylic acids is 7. The van der Waals surface area contributed by atoms with Gasteiger partial charge in [-0.15, -0.1) is 0 Å². The molecule has 2 aliphatic carbocycles. The summed E-state index contributed by atoms with van der Waals surface area (Å²) < 4.78 is 0. The van der Waals surface area contributed by atoms with Crippen molar-refractivity contribution >= 4 is 41.4 Å². The SMILES string of the molecule is CNCC(=O)NC(C(=O)N[C@@H](CCNC(=O)C[C@H](NC(=O)C(C)NC)C(=O)N1CCCC1C(N)=O)C(N)=O)C(C)(C)C.c1ccc2c(c1)CCCC2.c1ccc2c(c1)CCCC2. The van der Waals surface area contributed by atoms with E-state index in [2.05, 4.69) is 80.4 Å². The zero-order chi connectivity index (χ0) is 45.8. The summed E-state index contributed by atoms with van der Waals surface area (Å²) in [6.45, 7) is 6.97. The van der Waals surface area contributed by atoms with Crippen molar-refractivity contribution in [1.82, 2.24) is 36.8 Å². The van der Waals surface area contributed by atoms with Gasteiger partial charge in [-0.2, -0.15) is 0 Å². The highest BCUT2D eigenvalue weighted by atomic mass is 16.2. The highest BCUT2D eigenvalue weighted by molar-refractivity contribution is 5.96. The van der Waals surface area contributed by atoms with Crippen LogP contribution in [0, 0.1) is 5.41 Å². The molecule has 0 aromatic heterocycles. The van der Waals surface area contributed by atoms with E-state index in [0.717, 1.165) is 0 Å². The Hall–Kier alpha value is -5.35. The van der Waals surface area contributed by atoms with Crippen molar-refractivity contribution in [3.05, 3.63) is 70.8 Å². The molecule has 16 heteroatoms. The van der Waals surface area contributed by atoms with Crippen molar-refractivity contribution < 1.29 is 33.6 Å². The van der Waals surface area contributed by atoms with Crippen LogP contribution in [0.2, 0.25) is 0 Å². The highest BCUT2D eigenvalue weighted by Crippen LogP contribution is 2.22. The molecule has 1 aliphatic heterocycles. The third-order valence-corrected chi connectivity index (χ3v) is 11.4. The van der Waals surface area contributed by atoms with Crippen LogP contribution in [0.15, 0.2) is 48.5 Å². The Kier molecular flexibility index (Phi) is 21.0. The second-order valence-corrected chi connectivity index (χ2v) is 17.3. The van der Waals surface area contributed by atoms with Crippen LogP contribution in [0.25, 0.3) is 0 Å². The van der Waals surface area contributed by atoms with Crippen LogP contribution in [0.1, 0.15) is 101 Å². The number of carbonyl (C=O) groups is 7. The molecule has 1 fully saturated rings. The normalized spacial score (nSPS) is 17.3. The van der Waals surface area contributed by atoms with Crippen LogP contribution >= 0.6 is 0 Å². The standard InChI is InChI=1S/C26H47N9O7.2C10H12/c1-14(30-6)23(40)33-16(25(42)35-11-7-8-17(35)22(28)39)12-18(36)31-10-9-15(21(27)38)32-24(41)20(26(2,3)4)34-19(37)13-29-5;2*1-2-6-10-8-4-3-7-9(10)5-1/h14-17,20,29-30H,7-13H2,1-6H3,(H2,27,38)(H2,28,39)(H,31,36)(H,32,41)(H,33,40)(H,34,37);2*1-2,5-6H,3-4,7-8H2/t14?,15-,16-,17?,20?;;/m0../s1. The molecule has 1 saturated heterocycles. The van der Waals surface area contributed by atoms with Gasteiger partial charge in [0.25, 0.3) is 0 Å². The first kappa shape index (κ1) is 51.0. The minimum Gasteiger partial charge on any atom is -0.368 e. The second kappa shape index (κ2) is 25.6. The van der Waals surface area contributed by atoms with Gasteiger partial charge in [-0.05, 0) is 119 Å². The van der Waals surface area contributed by atoms with E-state index in [4.69, 9.17) is 11.5 Å². The maximum Gasteiger partial charge on any atom is 0.246 e. The van der Waals surface area contributed by atoms with E-state index in [1.807, 2.05) is 0 Å². The van der Waals surface area contributed by atoms with Crippen molar-refractivity contribution in [3.8, 4) is 0 Å². The summed E-state index contributed by atoms with van der Waals surface area (Å²) >= 11 is 0. The number of primary amides is 2. The van der Waals surface area contributed by atoms with Crippen LogP contribution < -0.4 is 43.4 Å². The van der Waals surface area contributed by atoms with Gasteiger partial charge in [0, 0.05) is 13.1 Å². The predicted molar refractivity (Wildman–Crippen MR) is 239 cm³/mol. The van der Waals surface area contributed by atoms with Crippen molar-refractivity contribution in [3.63, 3.8) is 0 Å². The van der Waals surface area contributed by atoms with E-state index in [1.54, 1.807) is 64.0 Å². The Morgan fingerprint density at radius 1 is 0.710 bits per heavy atom. The second-order valence-electron chi connectivity index (χ2n) is 17.3. The molecule has 0 saturated carbocycles. The molecule has 1 heterocycles. The van der Waals surface area contributed by atoms with E-state index in [-0.39, 0.29) is 26.1 Å². The van der Waals surface area contributed by atoms with Crippen molar-refractivity contribution in [2.45, 2.75) is 135 Å². The van der Waals surface area contributed by atoms with Gasteiger partial charge < -0.3 is 48.3 Å². The van der Waals surface area contributed by atoms with Gasteiger partial charge in [-0.1, -0.05) is 69.3 Å². The zero-order valence-electron chi connectivity index (χ0n) is 37.6. The molecular formula is C46H71N9O7. The Morgan fingerprint density at radius 3 is 1.65 bits per heavy atom. The Morgan fingerprint density at radius 2 is 1.21 bits per heavy atom. The third kappa shape index (κ3) is 16.5. The molecule has 5 rings (SSSR count). The lowest BCUT2D eigenvalue weighted by molar-refractivity contribution is -0.142. The van der Waals surface area contributed by atoms with Gasteiger partial charge in [0.1, 0.15) is 24.2 Å². The van der Waals surface area contributed by atoms with E-state index in [9.17, 15) is 33.6 Å². The fourth-order valence-corrected chi connectivity index (χ4v) is 7.71. The lowest BCUT2D eigenvalue weighted by Gasteiger charge is -2.31. The van der Waals surface area contributed by atoms with Crippen LogP contribution in [0.3, 0.4) is 0 Å². The molecule has 10 N–H and O–H groups in total. The lowest BCUT2D eigenvalue weighted by atomic mass is 9.85. The molecule has 2 aromatic rings. The Labute approximate surface area is 367 Å². The molecule has 0 spiro atoms. The average Bonchev–Trinajstić information content (AvgIpc) is 3.75. The summed E-state index contributed by atoms with van der Waals surface area (Å²) in [7, 11) is 3.15. The summed E-state index contributed by atoms with van der Waals surface area (Å²) in [5.41, 5.74) is 16.5. The monoisotopic (exact) mass is 862 g/mol. The molecule has 2 aromatic carbocycles. The van der Waals surface area contributed by atoms with Gasteiger partial charge in [0.15, 0.2) is 0 Å². The summed E-state index contributed by atoms with van der Waals surface area (Å²) in [6.07, 6.45) is 11.2. The van der Waals surface area contributed by atoms with Crippen molar-refractivity contribution in [2.24, 2.45) is 16.9 Å². The number of likely N-dealkylation sites (N-methyl/N-ethyl adjacent to an activating group) is 2. The van der Waals surface area contributed by atoms with Crippen molar-refractivity contribution in [2.75, 3.05) is 33.7 Å². The number of nitrogens with one attached hydrogen (secondary N) is 6. The zero-order valence-corrected chi connectivity index (χ0v) is 37.6. The smallest absolute Gasteiger partial charge is 0.246 e. The molecule has 7 amide bonds. The van der Waals surface area contributed by atoms with E-state index in [1.165, 1.54) is 56.3 Å². The minimum atomic E-state index is -1.27. The Bertz CT molecular complexity index is 1730. The molecule has 342 valence electrons. The highest BCUT2D eigenvalue weighted by Gasteiger charge is 2.38. The number of benzene rings is 2. The first-order valence-electron chi connectivity index (χ1n) is 22.0. The quantitative estimate of drug-likeness (QED) is 0.121. The van der Waals surface area contributed by atoms with Crippen LogP contribution in [-0.4, -0.2) is 110 Å². The third-order valence-electron chi connectivity index (χ3n) is 11.4. The summed E-state index contributed by atoms with van der Waals surface area (Å²) in [5, 5.41) is 15.7. The first-order chi connectivity index (χ1) is 29.5. The maximum atomic E-state index is 13.3. The number of rotatable bonds is 16. The number of likely N-dealkylation sites (tertiary alicyclic amines) is 1. The molecule has 0 bridgehead atoms. The number of hydrogen-bond donors (Lipinski definition) is 8. The topological polar surface area (TPSA) is 247 Å². The number of amides is 7. The van der Waals surface area contributed by atoms with E-state index in [0.29, 0.717) is 12.8 Å². The molecular weight excluding hydrogens is 791 g/mol. The van der Waals surface area contributed by atoms with Crippen LogP contribution in [0.5, 0.6) is 0 Å². The first-order valence-corrected chi connectivity index (χ1v) is 22.0. The fourth-order valence-electron chi connectivity index (χ4n) is 7.71. The molecule has 3 aliphatic rings. The average molecular weight is 862 g/mol. The molecule has 0 radical (unpaired) electrons. The largest absolute Gasteiger partial charge is 0.368 e. The van der Waals surface area contributed by atoms with Gasteiger partial charge >= 0.3 is 0 Å². The van der Waals surface area contributed by atoms with Crippen LogP contribution in [-0.2, 0) is 59.2 Å². The number of nitrogens with zero attached hydrogens (tertiary/aromatic N) is 1. The molecule has 5 atom stereocenters. The van der Waals surface area contributed by atoms with Crippen LogP contribution in [0.4, 0.5) is 0 Å². The lowest BCUT2D eigenvalue weighted by Crippen LogP contribution is -2.58. The number of aryl methyl sites for hydroxylation is 4. The number of fused-ring (bicyclic) bond motifs is 2. The van der Waals surface area contributed by atoms with Crippen molar-refractivity contribution in [1.29, 1.82) is 0 Å². The molecule has 16 nitrogen and oxygen atoms in total. The number of hydrogen-bond acceptors (Lipinski definition) is 9. The van der Waals surface area contributed by atoms with Gasteiger partial charge in [-0.3, -0.25) is 33.6 Å². The minimum absolute atomic E-state index is 0.0100. The van der Waals surface area contributed by atoms with E-state index < -0.39 is 83.4 Å². The molecule has 62 heavy (non-hydrogen) atoms. The van der Waals surface area contributed by atoms with Gasteiger partial charge in [0.05, 0.1) is 19.0 Å². The number of nitrogens with two attached hydrogens (primary N) is 2. The summed E-state index contributed by atoms with van der Waals surface area (Å²) in [5.74, 6) is -4.31. The predicted octanol–water partition coefficient (Wildman–Crippen LogP) is 1.30. The van der Waals surface area contributed by atoms with E-state index >= 15 is 0 Å². The molecule has 3 unspecified atom stereocenters. The Balaban J connectivity index is 0.000000404.